The van der Waals surface area contributed by atoms with Crippen LogP contribution in [0.4, 0.5) is 4.39 Å². The van der Waals surface area contributed by atoms with Crippen molar-refractivity contribution in [3.63, 3.8) is 0 Å². The third-order valence-electron chi connectivity index (χ3n) is 3.63. The van der Waals surface area contributed by atoms with E-state index in [1.807, 2.05) is 13.8 Å². The molecule has 0 saturated heterocycles. The molecule has 0 radical (unpaired) electrons. The van der Waals surface area contributed by atoms with Crippen LogP contribution in [0.2, 0.25) is 0 Å². The van der Waals surface area contributed by atoms with Gasteiger partial charge in [0.15, 0.2) is 11.0 Å². The van der Waals surface area contributed by atoms with Crippen molar-refractivity contribution in [1.29, 1.82) is 0 Å². The number of nitrogens with zero attached hydrogens (tertiary/aromatic N) is 3. The summed E-state index contributed by atoms with van der Waals surface area (Å²) in [5.41, 5.74) is 0.399. The molecule has 5 nitrogen and oxygen atoms in total. The van der Waals surface area contributed by atoms with Crippen LogP contribution in [0.1, 0.15) is 26.7 Å². The normalized spacial score (nSPS) is 11.0. The van der Waals surface area contributed by atoms with E-state index in [2.05, 4.69) is 15.5 Å². The van der Waals surface area contributed by atoms with E-state index < -0.39 is 0 Å². The minimum atomic E-state index is -0.342. The number of rotatable bonds is 7. The molecule has 1 aromatic heterocycles. The van der Waals surface area contributed by atoms with Gasteiger partial charge in [0.25, 0.3) is 0 Å². The number of benzene rings is 1. The van der Waals surface area contributed by atoms with Crippen LogP contribution in [-0.2, 0) is 11.8 Å². The molecule has 2 rings (SSSR count). The second-order valence-electron chi connectivity index (χ2n) is 5.21. The van der Waals surface area contributed by atoms with Gasteiger partial charge in [0.05, 0.1) is 11.3 Å². The summed E-state index contributed by atoms with van der Waals surface area (Å²) in [6.07, 6.45) is 1.82. The molecule has 0 aliphatic carbocycles. The predicted molar refractivity (Wildman–Crippen MR) is 89.6 cm³/mol. The minimum Gasteiger partial charge on any atom is -0.353 e. The SMILES string of the molecule is CCC(CC)NC(=O)CSc1nnc(-c2ccccc2F)n1C. The lowest BCUT2D eigenvalue weighted by molar-refractivity contribution is -0.119. The molecule has 1 N–H and O–H groups in total. The van der Waals surface area contributed by atoms with Gasteiger partial charge in [-0.2, -0.15) is 0 Å². The molecule has 0 atom stereocenters. The van der Waals surface area contributed by atoms with Crippen molar-refractivity contribution in [3.05, 3.63) is 30.1 Å². The smallest absolute Gasteiger partial charge is 0.230 e. The fraction of sp³-hybridized carbons (Fsp3) is 0.438. The average Bonchev–Trinajstić information content (AvgIpc) is 2.92. The molecule has 1 amide bonds. The van der Waals surface area contributed by atoms with Gasteiger partial charge >= 0.3 is 0 Å². The largest absolute Gasteiger partial charge is 0.353 e. The molecule has 1 heterocycles. The van der Waals surface area contributed by atoms with Crippen LogP contribution in [0, 0.1) is 5.82 Å². The highest BCUT2D eigenvalue weighted by Gasteiger charge is 2.16. The monoisotopic (exact) mass is 336 g/mol. The van der Waals surface area contributed by atoms with Crippen LogP contribution in [0.15, 0.2) is 29.4 Å². The third kappa shape index (κ3) is 4.31. The molecular weight excluding hydrogens is 315 g/mol. The number of carbonyl (C=O) groups is 1. The third-order valence-corrected chi connectivity index (χ3v) is 4.65. The van der Waals surface area contributed by atoms with Crippen LogP contribution < -0.4 is 5.32 Å². The lowest BCUT2D eigenvalue weighted by atomic mass is 10.2. The van der Waals surface area contributed by atoms with E-state index in [9.17, 15) is 9.18 Å². The molecule has 0 bridgehead atoms. The summed E-state index contributed by atoms with van der Waals surface area (Å²) in [4.78, 5) is 11.9. The van der Waals surface area contributed by atoms with E-state index >= 15 is 0 Å². The van der Waals surface area contributed by atoms with Crippen molar-refractivity contribution < 1.29 is 9.18 Å². The molecule has 0 unspecified atom stereocenters. The number of hydrogen-bond donors (Lipinski definition) is 1. The summed E-state index contributed by atoms with van der Waals surface area (Å²) in [5.74, 6) is 0.343. The van der Waals surface area contributed by atoms with Gasteiger partial charge in [-0.1, -0.05) is 37.7 Å². The Morgan fingerprint density at radius 1 is 1.30 bits per heavy atom. The maximum absolute atomic E-state index is 13.8. The summed E-state index contributed by atoms with van der Waals surface area (Å²) in [6.45, 7) is 4.09. The zero-order chi connectivity index (χ0) is 16.8. The van der Waals surface area contributed by atoms with Crippen molar-refractivity contribution in [2.24, 2.45) is 7.05 Å². The Balaban J connectivity index is 2.03. The highest BCUT2D eigenvalue weighted by atomic mass is 32.2. The highest BCUT2D eigenvalue weighted by Crippen LogP contribution is 2.24. The van der Waals surface area contributed by atoms with Gasteiger partial charge < -0.3 is 9.88 Å². The van der Waals surface area contributed by atoms with Crippen molar-refractivity contribution in [2.75, 3.05) is 5.75 Å². The summed E-state index contributed by atoms with van der Waals surface area (Å²) in [5, 5.41) is 11.7. The fourth-order valence-electron chi connectivity index (χ4n) is 2.21. The van der Waals surface area contributed by atoms with Crippen LogP contribution in [-0.4, -0.2) is 32.5 Å². The Bertz CT molecular complexity index is 670. The van der Waals surface area contributed by atoms with Gasteiger partial charge in [-0.25, -0.2) is 4.39 Å². The minimum absolute atomic E-state index is 0.0286. The molecule has 0 aliphatic rings. The van der Waals surface area contributed by atoms with Gasteiger partial charge in [-0.3, -0.25) is 4.79 Å². The zero-order valence-corrected chi connectivity index (χ0v) is 14.4. The second-order valence-corrected chi connectivity index (χ2v) is 6.16. The molecule has 7 heteroatoms. The van der Waals surface area contributed by atoms with Crippen LogP contribution in [0.5, 0.6) is 0 Å². The number of aromatic nitrogens is 3. The Morgan fingerprint density at radius 2 is 2.00 bits per heavy atom. The maximum Gasteiger partial charge on any atom is 0.230 e. The summed E-state index contributed by atoms with van der Waals surface area (Å²) in [7, 11) is 1.77. The van der Waals surface area contributed by atoms with Crippen LogP contribution in [0.3, 0.4) is 0 Å². The predicted octanol–water partition coefficient (Wildman–Crippen LogP) is 3.02. The topological polar surface area (TPSA) is 59.8 Å². The van der Waals surface area contributed by atoms with E-state index in [0.717, 1.165) is 12.8 Å². The number of thioether (sulfide) groups is 1. The molecule has 23 heavy (non-hydrogen) atoms. The van der Waals surface area contributed by atoms with E-state index in [-0.39, 0.29) is 23.5 Å². The zero-order valence-electron chi connectivity index (χ0n) is 13.5. The van der Waals surface area contributed by atoms with E-state index in [1.54, 1.807) is 29.8 Å². The number of carbonyl (C=O) groups excluding carboxylic acids is 1. The van der Waals surface area contributed by atoms with E-state index in [1.165, 1.54) is 17.8 Å². The number of amides is 1. The van der Waals surface area contributed by atoms with Crippen molar-refractivity contribution in [3.8, 4) is 11.4 Å². The molecule has 124 valence electrons. The average molecular weight is 336 g/mol. The van der Waals surface area contributed by atoms with Crippen LogP contribution >= 0.6 is 11.8 Å². The van der Waals surface area contributed by atoms with E-state index in [4.69, 9.17) is 0 Å². The second kappa shape index (κ2) is 8.10. The van der Waals surface area contributed by atoms with Crippen molar-refractivity contribution >= 4 is 17.7 Å². The standard InChI is InChI=1S/C16H21FN4OS/c1-4-11(5-2)18-14(22)10-23-16-20-19-15(21(16)3)12-8-6-7-9-13(12)17/h6-9,11H,4-5,10H2,1-3H3,(H,18,22). The number of nitrogens with one attached hydrogen (secondary N) is 1. The molecule has 0 saturated carbocycles. The fourth-order valence-corrected chi connectivity index (χ4v) is 2.93. The summed E-state index contributed by atoms with van der Waals surface area (Å²) >= 11 is 1.29. The molecule has 0 fully saturated rings. The molecule has 0 aliphatic heterocycles. The Hall–Kier alpha value is -1.89. The van der Waals surface area contributed by atoms with Gasteiger partial charge in [0, 0.05) is 13.1 Å². The quantitative estimate of drug-likeness (QED) is 0.790. The van der Waals surface area contributed by atoms with Gasteiger partial charge in [0.2, 0.25) is 5.91 Å². The lowest BCUT2D eigenvalue weighted by Crippen LogP contribution is -2.35. The van der Waals surface area contributed by atoms with Crippen molar-refractivity contribution in [2.45, 2.75) is 37.9 Å². The first-order valence-electron chi connectivity index (χ1n) is 7.63. The van der Waals surface area contributed by atoms with Gasteiger partial charge in [-0.15, -0.1) is 10.2 Å². The summed E-state index contributed by atoms with van der Waals surface area (Å²) < 4.78 is 15.5. The summed E-state index contributed by atoms with van der Waals surface area (Å²) in [6, 6.07) is 6.64. The Morgan fingerprint density at radius 3 is 2.65 bits per heavy atom. The molecule has 2 aromatic rings. The first kappa shape index (κ1) is 17.5. The number of hydrogen-bond acceptors (Lipinski definition) is 4. The van der Waals surface area contributed by atoms with E-state index in [0.29, 0.717) is 16.5 Å². The van der Waals surface area contributed by atoms with Crippen molar-refractivity contribution in [1.82, 2.24) is 20.1 Å². The van der Waals surface area contributed by atoms with Gasteiger partial charge in [-0.05, 0) is 25.0 Å². The Kier molecular flexibility index (Phi) is 6.15. The molecule has 0 spiro atoms. The molecule has 1 aromatic carbocycles. The lowest BCUT2D eigenvalue weighted by Gasteiger charge is -2.14. The first-order chi connectivity index (χ1) is 11.1. The maximum atomic E-state index is 13.8. The number of halogens is 1. The van der Waals surface area contributed by atoms with Gasteiger partial charge in [0.1, 0.15) is 5.82 Å². The Labute approximate surface area is 139 Å². The first-order valence-corrected chi connectivity index (χ1v) is 8.61. The highest BCUT2D eigenvalue weighted by molar-refractivity contribution is 7.99. The van der Waals surface area contributed by atoms with Crippen LogP contribution in [0.25, 0.3) is 11.4 Å². The molecular formula is C16H21FN4OS.